The smallest absolute Gasteiger partial charge is 0.343 e. The van der Waals surface area contributed by atoms with Crippen LogP contribution in [0.25, 0.3) is 0 Å². The molecule has 0 aliphatic carbocycles. The minimum Gasteiger partial charge on any atom is -0.423 e. The first kappa shape index (κ1) is 22.0. The van der Waals surface area contributed by atoms with E-state index in [4.69, 9.17) is 16.3 Å². The molecule has 0 spiro atoms. The molecule has 0 saturated carbocycles. The Kier molecular flexibility index (Phi) is 6.29. The Labute approximate surface area is 203 Å². The van der Waals surface area contributed by atoms with Crippen LogP contribution in [0.1, 0.15) is 15.9 Å². The van der Waals surface area contributed by atoms with Crippen molar-refractivity contribution in [2.45, 2.75) is 6.92 Å². The molecule has 1 aliphatic heterocycles. The van der Waals surface area contributed by atoms with Gasteiger partial charge in [-0.3, -0.25) is 9.59 Å². The van der Waals surface area contributed by atoms with Gasteiger partial charge in [-0.2, -0.15) is 0 Å². The third-order valence-corrected chi connectivity index (χ3v) is 5.80. The number of rotatable bonds is 5. The standard InChI is InChI=1S/C24H16ClIN2O4/c1-14-2-12-19(13-3-14)32-24(31)15-4-8-17(9-5-15)27-21-20(25)22(29)28(23(21)30)18-10-6-16(26)7-11-18/h2-13,27H,1H3. The Bertz CT molecular complexity index is 1240. The molecule has 0 aromatic heterocycles. The zero-order valence-corrected chi connectivity index (χ0v) is 19.7. The Morgan fingerprint density at radius 1 is 0.906 bits per heavy atom. The van der Waals surface area contributed by atoms with Crippen molar-refractivity contribution < 1.29 is 19.1 Å². The lowest BCUT2D eigenvalue weighted by molar-refractivity contribution is -0.120. The van der Waals surface area contributed by atoms with Crippen LogP contribution in [-0.2, 0) is 9.59 Å². The second kappa shape index (κ2) is 9.13. The first-order valence-electron chi connectivity index (χ1n) is 9.53. The average molecular weight is 559 g/mol. The molecule has 4 rings (SSSR count). The van der Waals surface area contributed by atoms with Crippen molar-refractivity contribution in [1.29, 1.82) is 0 Å². The van der Waals surface area contributed by atoms with Gasteiger partial charge in [-0.25, -0.2) is 9.69 Å². The van der Waals surface area contributed by atoms with Gasteiger partial charge in [0.2, 0.25) is 0 Å². The van der Waals surface area contributed by atoms with Gasteiger partial charge in [0.15, 0.2) is 0 Å². The van der Waals surface area contributed by atoms with E-state index in [2.05, 4.69) is 27.9 Å². The molecule has 0 atom stereocenters. The molecule has 0 fully saturated rings. The van der Waals surface area contributed by atoms with Gasteiger partial charge in [-0.15, -0.1) is 0 Å². The minimum atomic E-state index is -0.598. The van der Waals surface area contributed by atoms with Gasteiger partial charge >= 0.3 is 5.97 Å². The molecule has 32 heavy (non-hydrogen) atoms. The van der Waals surface area contributed by atoms with E-state index in [1.165, 1.54) is 0 Å². The second-order valence-electron chi connectivity index (χ2n) is 7.02. The SMILES string of the molecule is Cc1ccc(OC(=O)c2ccc(NC3=C(Cl)C(=O)N(c4ccc(I)cc4)C3=O)cc2)cc1. The number of hydrogen-bond acceptors (Lipinski definition) is 5. The van der Waals surface area contributed by atoms with Crippen LogP contribution in [0.3, 0.4) is 0 Å². The summed E-state index contributed by atoms with van der Waals surface area (Å²) in [5, 5.41) is 2.69. The van der Waals surface area contributed by atoms with Crippen LogP contribution in [0.5, 0.6) is 5.75 Å². The lowest BCUT2D eigenvalue weighted by Gasteiger charge is -2.15. The van der Waals surface area contributed by atoms with E-state index in [1.54, 1.807) is 60.7 Å². The number of carbonyl (C=O) groups is 3. The zero-order chi connectivity index (χ0) is 22.8. The molecule has 160 valence electrons. The van der Waals surface area contributed by atoms with Crippen LogP contribution in [0.2, 0.25) is 0 Å². The summed E-state index contributed by atoms with van der Waals surface area (Å²) >= 11 is 8.30. The molecule has 6 nitrogen and oxygen atoms in total. The quantitative estimate of drug-likeness (QED) is 0.200. The number of imide groups is 1. The van der Waals surface area contributed by atoms with Crippen LogP contribution >= 0.6 is 34.2 Å². The normalized spacial score (nSPS) is 13.5. The van der Waals surface area contributed by atoms with Crippen molar-refractivity contribution in [2.24, 2.45) is 0 Å². The molecular weight excluding hydrogens is 543 g/mol. The molecule has 1 aliphatic rings. The highest BCUT2D eigenvalue weighted by atomic mass is 127. The molecule has 3 aromatic rings. The van der Waals surface area contributed by atoms with Crippen molar-refractivity contribution in [3.05, 3.63) is 98.2 Å². The van der Waals surface area contributed by atoms with E-state index in [0.29, 0.717) is 22.7 Å². The Balaban J connectivity index is 1.47. The van der Waals surface area contributed by atoms with Gasteiger partial charge in [-0.05, 0) is 90.2 Å². The predicted molar refractivity (Wildman–Crippen MR) is 131 cm³/mol. The third kappa shape index (κ3) is 4.53. The summed E-state index contributed by atoms with van der Waals surface area (Å²) in [6.07, 6.45) is 0. The lowest BCUT2D eigenvalue weighted by atomic mass is 10.2. The maximum Gasteiger partial charge on any atom is 0.343 e. The number of hydrogen-bond donors (Lipinski definition) is 1. The van der Waals surface area contributed by atoms with Crippen LogP contribution in [0.15, 0.2) is 83.5 Å². The molecular formula is C24H16ClIN2O4. The highest BCUT2D eigenvalue weighted by Gasteiger charge is 2.38. The lowest BCUT2D eigenvalue weighted by Crippen LogP contribution is -2.32. The Morgan fingerprint density at radius 3 is 2.16 bits per heavy atom. The van der Waals surface area contributed by atoms with Gasteiger partial charge in [0.1, 0.15) is 16.5 Å². The zero-order valence-electron chi connectivity index (χ0n) is 16.8. The number of ether oxygens (including phenoxy) is 1. The summed E-state index contributed by atoms with van der Waals surface area (Å²) in [5.41, 5.74) is 2.31. The monoisotopic (exact) mass is 558 g/mol. The number of benzene rings is 3. The fraction of sp³-hybridized carbons (Fsp3) is 0.0417. The number of anilines is 2. The first-order chi connectivity index (χ1) is 15.3. The van der Waals surface area contributed by atoms with Crippen molar-refractivity contribution in [2.75, 3.05) is 10.2 Å². The van der Waals surface area contributed by atoms with Crippen LogP contribution in [0, 0.1) is 10.5 Å². The number of nitrogens with one attached hydrogen (secondary N) is 1. The van der Waals surface area contributed by atoms with E-state index < -0.39 is 17.8 Å². The van der Waals surface area contributed by atoms with E-state index in [-0.39, 0.29) is 10.7 Å². The molecule has 1 N–H and O–H groups in total. The van der Waals surface area contributed by atoms with E-state index in [1.807, 2.05) is 19.1 Å². The molecule has 0 saturated heterocycles. The van der Waals surface area contributed by atoms with E-state index in [9.17, 15) is 14.4 Å². The largest absolute Gasteiger partial charge is 0.423 e. The summed E-state index contributed by atoms with van der Waals surface area (Å²) in [5.74, 6) is -1.21. The maximum absolute atomic E-state index is 12.8. The average Bonchev–Trinajstić information content (AvgIpc) is 3.00. The van der Waals surface area contributed by atoms with Crippen molar-refractivity contribution in [1.82, 2.24) is 0 Å². The van der Waals surface area contributed by atoms with Gasteiger partial charge in [-0.1, -0.05) is 29.3 Å². The fourth-order valence-corrected chi connectivity index (χ4v) is 3.61. The van der Waals surface area contributed by atoms with E-state index in [0.717, 1.165) is 14.0 Å². The molecule has 0 bridgehead atoms. The van der Waals surface area contributed by atoms with Gasteiger partial charge in [0.05, 0.1) is 11.3 Å². The maximum atomic E-state index is 12.8. The Hall–Kier alpha value is -3.17. The molecule has 0 unspecified atom stereocenters. The highest BCUT2D eigenvalue weighted by molar-refractivity contribution is 14.1. The summed E-state index contributed by atoms with van der Waals surface area (Å²) < 4.78 is 6.33. The fourth-order valence-electron chi connectivity index (χ4n) is 3.04. The molecule has 2 amide bonds. The molecule has 8 heteroatoms. The molecule has 0 radical (unpaired) electrons. The van der Waals surface area contributed by atoms with Crippen LogP contribution in [0.4, 0.5) is 11.4 Å². The minimum absolute atomic E-state index is 0.0230. The summed E-state index contributed by atoms with van der Waals surface area (Å²) in [6.45, 7) is 1.95. The van der Waals surface area contributed by atoms with E-state index >= 15 is 0 Å². The van der Waals surface area contributed by atoms with Crippen molar-refractivity contribution in [3.8, 4) is 5.75 Å². The van der Waals surface area contributed by atoms with Crippen LogP contribution in [-0.4, -0.2) is 17.8 Å². The Morgan fingerprint density at radius 2 is 1.53 bits per heavy atom. The number of carbonyl (C=O) groups excluding carboxylic acids is 3. The van der Waals surface area contributed by atoms with Gasteiger partial charge in [0.25, 0.3) is 11.8 Å². The number of esters is 1. The number of aryl methyl sites for hydroxylation is 1. The number of nitrogens with zero attached hydrogens (tertiary/aromatic N) is 1. The second-order valence-corrected chi connectivity index (χ2v) is 8.64. The third-order valence-electron chi connectivity index (χ3n) is 4.73. The van der Waals surface area contributed by atoms with Crippen molar-refractivity contribution >= 4 is 63.4 Å². The number of amides is 2. The molecule has 3 aromatic carbocycles. The van der Waals surface area contributed by atoms with Crippen LogP contribution < -0.4 is 15.0 Å². The predicted octanol–water partition coefficient (Wildman–Crippen LogP) is 5.25. The van der Waals surface area contributed by atoms with Gasteiger partial charge in [0, 0.05) is 9.26 Å². The summed E-state index contributed by atoms with van der Waals surface area (Å²) in [6, 6.07) is 20.4. The molecule has 1 heterocycles. The summed E-state index contributed by atoms with van der Waals surface area (Å²) in [4.78, 5) is 38.8. The van der Waals surface area contributed by atoms with Crippen molar-refractivity contribution in [3.63, 3.8) is 0 Å². The number of halogens is 2. The van der Waals surface area contributed by atoms with Gasteiger partial charge < -0.3 is 10.1 Å². The highest BCUT2D eigenvalue weighted by Crippen LogP contribution is 2.30. The topological polar surface area (TPSA) is 75.7 Å². The summed E-state index contributed by atoms with van der Waals surface area (Å²) in [7, 11) is 0. The first-order valence-corrected chi connectivity index (χ1v) is 11.0.